The van der Waals surface area contributed by atoms with E-state index in [9.17, 15) is 0 Å². The van der Waals surface area contributed by atoms with Crippen LogP contribution < -0.4 is 0 Å². The molecule has 0 amide bonds. The Kier molecular flexibility index (Phi) is 13.1. The van der Waals surface area contributed by atoms with E-state index in [1.165, 1.54) is 51.4 Å². The molecule has 0 atom stereocenters. The zero-order valence-electron chi connectivity index (χ0n) is 10.6. The van der Waals surface area contributed by atoms with Crippen molar-refractivity contribution in [2.75, 3.05) is 0 Å². The number of allylic oxidation sites excluding steroid dienone is 8. The fourth-order valence-corrected chi connectivity index (χ4v) is 1.71. The van der Waals surface area contributed by atoms with Gasteiger partial charge in [0.25, 0.3) is 0 Å². The van der Waals surface area contributed by atoms with Crippen molar-refractivity contribution in [2.24, 2.45) is 0 Å². The first-order valence-electron chi connectivity index (χ1n) is 6.60. The Morgan fingerprint density at radius 1 is 0.294 bits per heavy atom. The molecule has 0 nitrogen and oxygen atoms in total. The molecule has 0 unspecified atom stereocenters. The molecule has 0 N–H and O–H groups in total. The summed E-state index contributed by atoms with van der Waals surface area (Å²) < 4.78 is 0. The molecule has 1 radical (unpaired) electrons. The van der Waals surface area contributed by atoms with Gasteiger partial charge in [0, 0.05) is 16.8 Å². The Balaban J connectivity index is 0.000000284. The zero-order valence-corrected chi connectivity index (χ0v) is 11.7. The van der Waals surface area contributed by atoms with Crippen molar-refractivity contribution in [1.29, 1.82) is 0 Å². The predicted octanol–water partition coefficient (Wildman–Crippen LogP) is 5.34. The molecule has 1 heteroatoms. The summed E-state index contributed by atoms with van der Waals surface area (Å²) in [5.74, 6) is 0. The van der Waals surface area contributed by atoms with Gasteiger partial charge in [-0.05, 0) is 51.4 Å². The third kappa shape index (κ3) is 11.7. The second-order valence-electron chi connectivity index (χ2n) is 4.20. The molecule has 0 fully saturated rings. The Bertz CT molecular complexity index is 179. The molecule has 0 aromatic heterocycles. The number of hydrogen-bond donors (Lipinski definition) is 0. The smallest absolute Gasteiger partial charge is 0 e. The van der Waals surface area contributed by atoms with Gasteiger partial charge in [0.15, 0.2) is 0 Å². The second kappa shape index (κ2) is 13.5. The van der Waals surface area contributed by atoms with Crippen LogP contribution >= 0.6 is 0 Å². The minimum absolute atomic E-state index is 0. The molecule has 17 heavy (non-hydrogen) atoms. The van der Waals surface area contributed by atoms with Crippen molar-refractivity contribution < 1.29 is 16.8 Å². The van der Waals surface area contributed by atoms with Gasteiger partial charge in [0.05, 0.1) is 0 Å². The predicted molar refractivity (Wildman–Crippen MR) is 73.5 cm³/mol. The van der Waals surface area contributed by atoms with Gasteiger partial charge in [-0.3, -0.25) is 0 Å². The Labute approximate surface area is 117 Å². The van der Waals surface area contributed by atoms with Crippen LogP contribution in [0.1, 0.15) is 51.4 Å². The molecule has 0 saturated carbocycles. The van der Waals surface area contributed by atoms with Gasteiger partial charge in [-0.2, -0.15) is 0 Å². The van der Waals surface area contributed by atoms with E-state index < -0.39 is 0 Å². The first-order chi connectivity index (χ1) is 8.00. The summed E-state index contributed by atoms with van der Waals surface area (Å²) in [6.07, 6.45) is 28.0. The van der Waals surface area contributed by atoms with Gasteiger partial charge in [0.2, 0.25) is 0 Å². The maximum atomic E-state index is 2.27. The molecule has 0 heterocycles. The van der Waals surface area contributed by atoms with Crippen molar-refractivity contribution in [2.45, 2.75) is 51.4 Å². The van der Waals surface area contributed by atoms with Crippen LogP contribution in [-0.4, -0.2) is 0 Å². The summed E-state index contributed by atoms with van der Waals surface area (Å²) in [6, 6.07) is 0. The second-order valence-corrected chi connectivity index (χ2v) is 4.20. The van der Waals surface area contributed by atoms with Gasteiger partial charge in [-0.25, -0.2) is 0 Å². The number of rotatable bonds is 0. The van der Waals surface area contributed by atoms with E-state index >= 15 is 0 Å². The SMILES string of the molecule is C1=CCCC=CCC1.C1=CCCC=CCC1.[Co]. The van der Waals surface area contributed by atoms with Gasteiger partial charge in [-0.15, -0.1) is 0 Å². The number of hydrogen-bond acceptors (Lipinski definition) is 0. The Morgan fingerprint density at radius 2 is 0.412 bits per heavy atom. The summed E-state index contributed by atoms with van der Waals surface area (Å²) in [7, 11) is 0. The molecule has 0 aliphatic heterocycles. The minimum Gasteiger partial charge on any atom is -0.0882 e. The van der Waals surface area contributed by atoms with Crippen LogP contribution in [0.2, 0.25) is 0 Å². The topological polar surface area (TPSA) is 0 Å². The van der Waals surface area contributed by atoms with Gasteiger partial charge in [-0.1, -0.05) is 48.6 Å². The fraction of sp³-hybridized carbons (Fsp3) is 0.500. The summed E-state index contributed by atoms with van der Waals surface area (Å²) in [5.41, 5.74) is 0. The van der Waals surface area contributed by atoms with Gasteiger partial charge < -0.3 is 0 Å². The Morgan fingerprint density at radius 3 is 0.529 bits per heavy atom. The van der Waals surface area contributed by atoms with Crippen LogP contribution in [-0.2, 0) is 16.8 Å². The molecule has 2 aliphatic rings. The van der Waals surface area contributed by atoms with Crippen LogP contribution in [0, 0.1) is 0 Å². The fourth-order valence-electron chi connectivity index (χ4n) is 1.71. The van der Waals surface area contributed by atoms with Crippen LogP contribution in [0.4, 0.5) is 0 Å². The average Bonchev–Trinajstić information content (AvgIpc) is 2.15. The first kappa shape index (κ1) is 16.5. The maximum absolute atomic E-state index is 2.27. The summed E-state index contributed by atoms with van der Waals surface area (Å²) in [5, 5.41) is 0. The summed E-state index contributed by atoms with van der Waals surface area (Å²) in [6.45, 7) is 0. The van der Waals surface area contributed by atoms with Crippen molar-refractivity contribution in [3.63, 3.8) is 0 Å². The molecular weight excluding hydrogens is 251 g/mol. The van der Waals surface area contributed by atoms with Crippen LogP contribution in [0.15, 0.2) is 48.6 Å². The van der Waals surface area contributed by atoms with E-state index in [2.05, 4.69) is 48.6 Å². The molecule has 0 spiro atoms. The molecule has 0 aromatic rings. The molecule has 0 bridgehead atoms. The zero-order chi connectivity index (χ0) is 11.3. The molecule has 2 rings (SSSR count). The third-order valence-electron chi connectivity index (χ3n) is 2.67. The average molecular weight is 275 g/mol. The summed E-state index contributed by atoms with van der Waals surface area (Å²) >= 11 is 0. The first-order valence-corrected chi connectivity index (χ1v) is 6.60. The van der Waals surface area contributed by atoms with E-state index in [1.807, 2.05) is 0 Å². The minimum atomic E-state index is 0. The van der Waals surface area contributed by atoms with Crippen LogP contribution in [0.25, 0.3) is 0 Å². The molecule has 0 saturated heterocycles. The molecular formula is C16H24Co. The standard InChI is InChI=1S/2C8H12.Co/c2*1-2-4-6-8-7-5-3-1;/h2*1-2,7-8H,3-6H2;. The quantitative estimate of drug-likeness (QED) is 0.523. The van der Waals surface area contributed by atoms with Crippen LogP contribution in [0.5, 0.6) is 0 Å². The van der Waals surface area contributed by atoms with E-state index in [4.69, 9.17) is 0 Å². The van der Waals surface area contributed by atoms with Crippen molar-refractivity contribution in [1.82, 2.24) is 0 Å². The monoisotopic (exact) mass is 275 g/mol. The van der Waals surface area contributed by atoms with Crippen molar-refractivity contribution in [3.05, 3.63) is 48.6 Å². The molecule has 2 aliphatic carbocycles. The van der Waals surface area contributed by atoms with E-state index in [0.717, 1.165) is 0 Å². The van der Waals surface area contributed by atoms with Crippen molar-refractivity contribution in [3.8, 4) is 0 Å². The van der Waals surface area contributed by atoms with E-state index in [-0.39, 0.29) is 16.8 Å². The van der Waals surface area contributed by atoms with E-state index in [1.54, 1.807) is 0 Å². The maximum Gasteiger partial charge on any atom is 0 e. The van der Waals surface area contributed by atoms with Crippen LogP contribution in [0.3, 0.4) is 0 Å². The van der Waals surface area contributed by atoms with Gasteiger partial charge >= 0.3 is 0 Å². The van der Waals surface area contributed by atoms with E-state index in [0.29, 0.717) is 0 Å². The largest absolute Gasteiger partial charge is 0.0882 e. The van der Waals surface area contributed by atoms with Crippen molar-refractivity contribution >= 4 is 0 Å². The normalized spacial score (nSPS) is 18.8. The summed E-state index contributed by atoms with van der Waals surface area (Å²) in [4.78, 5) is 0. The van der Waals surface area contributed by atoms with Gasteiger partial charge in [0.1, 0.15) is 0 Å². The Hall–Kier alpha value is -0.534. The molecule has 97 valence electrons. The molecule has 0 aromatic carbocycles. The third-order valence-corrected chi connectivity index (χ3v) is 2.67.